The summed E-state index contributed by atoms with van der Waals surface area (Å²) in [6.45, 7) is 5.10. The molecule has 1 saturated carbocycles. The molecule has 0 aliphatic heterocycles. The summed E-state index contributed by atoms with van der Waals surface area (Å²) in [5.74, 6) is 0.797. The van der Waals surface area contributed by atoms with E-state index >= 15 is 0 Å². The molecule has 0 heterocycles. The third kappa shape index (κ3) is 3.34. The highest BCUT2D eigenvalue weighted by atomic mass is 16.1. The van der Waals surface area contributed by atoms with Gasteiger partial charge in [0.25, 0.3) is 0 Å². The first-order valence-corrected chi connectivity index (χ1v) is 6.95. The Bertz CT molecular complexity index is 393. The first kappa shape index (κ1) is 13.1. The van der Waals surface area contributed by atoms with Crippen molar-refractivity contribution < 1.29 is 4.79 Å². The van der Waals surface area contributed by atoms with Crippen LogP contribution < -0.4 is 5.32 Å². The largest absolute Gasteiger partial charge is 0.355 e. The van der Waals surface area contributed by atoms with Gasteiger partial charge in [0, 0.05) is 18.4 Å². The number of benzene rings is 1. The summed E-state index contributed by atoms with van der Waals surface area (Å²) in [6, 6.07) is 10.5. The highest BCUT2D eigenvalue weighted by Crippen LogP contribution is 2.47. The number of nitrogens with one attached hydrogen (secondary N) is 1. The minimum atomic E-state index is 0.200. The Hall–Kier alpha value is -1.31. The average molecular weight is 245 g/mol. The summed E-state index contributed by atoms with van der Waals surface area (Å²) < 4.78 is 0. The van der Waals surface area contributed by atoms with Gasteiger partial charge in [-0.15, -0.1) is 0 Å². The van der Waals surface area contributed by atoms with Gasteiger partial charge < -0.3 is 5.32 Å². The quantitative estimate of drug-likeness (QED) is 0.819. The molecule has 98 valence electrons. The van der Waals surface area contributed by atoms with E-state index in [1.54, 1.807) is 0 Å². The maximum absolute atomic E-state index is 11.7. The predicted molar refractivity (Wildman–Crippen MR) is 74.4 cm³/mol. The summed E-state index contributed by atoms with van der Waals surface area (Å²) in [5, 5.41) is 3.10. The van der Waals surface area contributed by atoms with Gasteiger partial charge in [-0.25, -0.2) is 0 Å². The standard InChI is InChI=1S/C16H23NO/c1-13(2)8-9-15(18)17-12-16(10-11-16)14-6-4-3-5-7-14/h3-7,13H,8-12H2,1-2H3,(H,17,18). The molecule has 0 saturated heterocycles. The normalized spacial score (nSPS) is 16.6. The van der Waals surface area contributed by atoms with Crippen molar-refractivity contribution in [1.82, 2.24) is 5.32 Å². The van der Waals surface area contributed by atoms with Gasteiger partial charge in [0.15, 0.2) is 0 Å². The van der Waals surface area contributed by atoms with E-state index in [0.29, 0.717) is 12.3 Å². The monoisotopic (exact) mass is 245 g/mol. The lowest BCUT2D eigenvalue weighted by Crippen LogP contribution is -2.32. The van der Waals surface area contributed by atoms with Crippen LogP contribution in [0.25, 0.3) is 0 Å². The van der Waals surface area contributed by atoms with Crippen LogP contribution in [0.2, 0.25) is 0 Å². The van der Waals surface area contributed by atoms with Crippen LogP contribution in [-0.2, 0) is 10.2 Å². The number of hydrogen-bond acceptors (Lipinski definition) is 1. The number of amides is 1. The van der Waals surface area contributed by atoms with Gasteiger partial charge in [-0.2, -0.15) is 0 Å². The van der Waals surface area contributed by atoms with E-state index in [1.165, 1.54) is 18.4 Å². The summed E-state index contributed by atoms with van der Waals surface area (Å²) in [5.41, 5.74) is 1.60. The molecule has 0 aromatic heterocycles. The molecular formula is C16H23NO. The highest BCUT2D eigenvalue weighted by Gasteiger charge is 2.44. The molecule has 1 amide bonds. The van der Waals surface area contributed by atoms with Crippen molar-refractivity contribution in [2.24, 2.45) is 5.92 Å². The van der Waals surface area contributed by atoms with Crippen molar-refractivity contribution in [3.05, 3.63) is 35.9 Å². The van der Waals surface area contributed by atoms with Crippen LogP contribution in [0.4, 0.5) is 0 Å². The van der Waals surface area contributed by atoms with Gasteiger partial charge >= 0.3 is 0 Å². The van der Waals surface area contributed by atoms with Crippen LogP contribution in [0.3, 0.4) is 0 Å². The Morgan fingerprint density at radius 1 is 1.28 bits per heavy atom. The second kappa shape index (κ2) is 5.55. The Labute approximate surface area is 110 Å². The van der Waals surface area contributed by atoms with Crippen molar-refractivity contribution >= 4 is 5.91 Å². The molecule has 0 bridgehead atoms. The minimum Gasteiger partial charge on any atom is -0.355 e. The molecule has 1 N–H and O–H groups in total. The lowest BCUT2D eigenvalue weighted by Gasteiger charge is -2.16. The highest BCUT2D eigenvalue weighted by molar-refractivity contribution is 5.76. The van der Waals surface area contributed by atoms with Crippen molar-refractivity contribution in [2.75, 3.05) is 6.54 Å². The first-order chi connectivity index (χ1) is 8.62. The molecular weight excluding hydrogens is 222 g/mol. The zero-order chi connectivity index (χ0) is 13.0. The topological polar surface area (TPSA) is 29.1 Å². The fraction of sp³-hybridized carbons (Fsp3) is 0.562. The Morgan fingerprint density at radius 3 is 2.50 bits per heavy atom. The van der Waals surface area contributed by atoms with E-state index in [4.69, 9.17) is 0 Å². The molecule has 0 unspecified atom stereocenters. The smallest absolute Gasteiger partial charge is 0.220 e. The average Bonchev–Trinajstić information content (AvgIpc) is 3.16. The van der Waals surface area contributed by atoms with Crippen molar-refractivity contribution in [1.29, 1.82) is 0 Å². The predicted octanol–water partition coefficient (Wildman–Crippen LogP) is 3.27. The van der Waals surface area contributed by atoms with Crippen molar-refractivity contribution in [2.45, 2.75) is 44.9 Å². The second-order valence-electron chi connectivity index (χ2n) is 5.86. The van der Waals surface area contributed by atoms with Crippen molar-refractivity contribution in [3.8, 4) is 0 Å². The Balaban J connectivity index is 1.82. The van der Waals surface area contributed by atoms with Crippen LogP contribution >= 0.6 is 0 Å². The molecule has 1 aliphatic carbocycles. The SMILES string of the molecule is CC(C)CCC(=O)NCC1(c2ccccc2)CC1. The molecule has 0 spiro atoms. The Morgan fingerprint density at radius 2 is 1.94 bits per heavy atom. The molecule has 0 radical (unpaired) electrons. The van der Waals surface area contributed by atoms with Gasteiger partial charge in [-0.3, -0.25) is 4.79 Å². The van der Waals surface area contributed by atoms with E-state index in [1.807, 2.05) is 6.07 Å². The van der Waals surface area contributed by atoms with Gasteiger partial charge in [0.05, 0.1) is 0 Å². The van der Waals surface area contributed by atoms with Gasteiger partial charge in [0.1, 0.15) is 0 Å². The third-order valence-electron chi connectivity index (χ3n) is 3.81. The Kier molecular flexibility index (Phi) is 4.05. The maximum Gasteiger partial charge on any atom is 0.220 e. The molecule has 1 aliphatic rings. The van der Waals surface area contributed by atoms with Crippen LogP contribution in [-0.4, -0.2) is 12.5 Å². The van der Waals surface area contributed by atoms with Crippen molar-refractivity contribution in [3.63, 3.8) is 0 Å². The van der Waals surface area contributed by atoms with Crippen LogP contribution in [0, 0.1) is 5.92 Å². The van der Waals surface area contributed by atoms with E-state index in [-0.39, 0.29) is 11.3 Å². The molecule has 0 atom stereocenters. The minimum absolute atomic E-state index is 0.200. The number of carbonyl (C=O) groups excluding carboxylic acids is 1. The second-order valence-corrected chi connectivity index (χ2v) is 5.86. The van der Waals surface area contributed by atoms with Gasteiger partial charge in [-0.05, 0) is 30.7 Å². The summed E-state index contributed by atoms with van der Waals surface area (Å²) in [4.78, 5) is 11.7. The lowest BCUT2D eigenvalue weighted by molar-refractivity contribution is -0.121. The molecule has 2 heteroatoms. The molecule has 1 aromatic carbocycles. The fourth-order valence-electron chi connectivity index (χ4n) is 2.29. The fourth-order valence-corrected chi connectivity index (χ4v) is 2.29. The van der Waals surface area contributed by atoms with Crippen LogP contribution in [0.5, 0.6) is 0 Å². The summed E-state index contributed by atoms with van der Waals surface area (Å²) in [6.07, 6.45) is 4.02. The summed E-state index contributed by atoms with van der Waals surface area (Å²) >= 11 is 0. The van der Waals surface area contributed by atoms with E-state index in [0.717, 1.165) is 13.0 Å². The molecule has 1 aromatic rings. The van der Waals surface area contributed by atoms with E-state index in [2.05, 4.69) is 43.4 Å². The van der Waals surface area contributed by atoms with E-state index < -0.39 is 0 Å². The first-order valence-electron chi connectivity index (χ1n) is 6.95. The molecule has 1 fully saturated rings. The van der Waals surface area contributed by atoms with Crippen LogP contribution in [0.1, 0.15) is 45.1 Å². The number of rotatable bonds is 6. The van der Waals surface area contributed by atoms with E-state index in [9.17, 15) is 4.79 Å². The van der Waals surface area contributed by atoms with Crippen LogP contribution in [0.15, 0.2) is 30.3 Å². The summed E-state index contributed by atoms with van der Waals surface area (Å²) in [7, 11) is 0. The maximum atomic E-state index is 11.7. The molecule has 18 heavy (non-hydrogen) atoms. The zero-order valence-corrected chi connectivity index (χ0v) is 11.4. The third-order valence-corrected chi connectivity index (χ3v) is 3.81. The molecule has 2 rings (SSSR count). The number of carbonyl (C=O) groups is 1. The van der Waals surface area contributed by atoms with Gasteiger partial charge in [-0.1, -0.05) is 44.2 Å². The molecule has 2 nitrogen and oxygen atoms in total. The lowest BCUT2D eigenvalue weighted by atomic mass is 9.96. The zero-order valence-electron chi connectivity index (χ0n) is 11.4. The van der Waals surface area contributed by atoms with Gasteiger partial charge in [0.2, 0.25) is 5.91 Å². The number of hydrogen-bond donors (Lipinski definition) is 1.